The van der Waals surface area contributed by atoms with Gasteiger partial charge in [0, 0.05) is 11.9 Å². The molecule has 0 aliphatic carbocycles. The Bertz CT molecular complexity index is 1080. The summed E-state index contributed by atoms with van der Waals surface area (Å²) in [5.74, 6) is 0.412. The van der Waals surface area contributed by atoms with Crippen molar-refractivity contribution in [3.05, 3.63) is 65.3 Å². The molecule has 2 aromatic carbocycles. The molecule has 1 N–H and O–H groups in total. The van der Waals surface area contributed by atoms with Gasteiger partial charge in [-0.2, -0.15) is 13.2 Å². The van der Waals surface area contributed by atoms with Gasteiger partial charge in [0.15, 0.2) is 0 Å². The Kier molecular flexibility index (Phi) is 5.33. The number of hydrogen-bond donors (Lipinski definition) is 1. The van der Waals surface area contributed by atoms with Gasteiger partial charge in [-0.1, -0.05) is 36.4 Å². The zero-order chi connectivity index (χ0) is 19.6. The molecule has 0 radical (unpaired) electrons. The van der Waals surface area contributed by atoms with Gasteiger partial charge in [0.1, 0.15) is 5.01 Å². The van der Waals surface area contributed by atoms with Crippen LogP contribution < -0.4 is 4.72 Å². The highest BCUT2D eigenvalue weighted by Gasteiger charge is 2.28. The minimum Gasteiger partial charge on any atom is -0.423 e. The van der Waals surface area contributed by atoms with E-state index in [2.05, 4.69) is 26.0 Å². The number of thiazole rings is 1. The number of rotatable bonds is 6. The first-order valence-corrected chi connectivity index (χ1v) is 9.83. The van der Waals surface area contributed by atoms with Crippen molar-refractivity contribution in [2.45, 2.75) is 18.5 Å². The van der Waals surface area contributed by atoms with Gasteiger partial charge in [0.25, 0.3) is 0 Å². The molecule has 28 heavy (non-hydrogen) atoms. The molecule has 2 heterocycles. The van der Waals surface area contributed by atoms with E-state index >= 15 is 0 Å². The molecule has 2 aromatic heterocycles. The molecule has 144 valence electrons. The van der Waals surface area contributed by atoms with Crippen molar-refractivity contribution < 1.29 is 17.6 Å². The summed E-state index contributed by atoms with van der Waals surface area (Å²) in [5, 5.41) is 8.44. The summed E-state index contributed by atoms with van der Waals surface area (Å²) in [4.78, 5) is 4.57. The summed E-state index contributed by atoms with van der Waals surface area (Å²) in [6, 6.07) is 16.1. The Labute approximate surface area is 166 Å². The van der Waals surface area contributed by atoms with Crippen LogP contribution in [0.25, 0.3) is 21.3 Å². The van der Waals surface area contributed by atoms with Crippen LogP contribution in [0, 0.1) is 0 Å². The molecular weight excluding hydrogens is 409 g/mol. The van der Waals surface area contributed by atoms with Gasteiger partial charge in [-0.25, -0.2) is 9.71 Å². The summed E-state index contributed by atoms with van der Waals surface area (Å²) in [7, 11) is 0. The summed E-state index contributed by atoms with van der Waals surface area (Å²) < 4.78 is 44.9. The third-order valence-corrected chi connectivity index (χ3v) is 5.30. The number of nitrogens with one attached hydrogen (secondary N) is 1. The second kappa shape index (κ2) is 7.90. The Morgan fingerprint density at radius 3 is 2.57 bits per heavy atom. The maximum atomic E-state index is 12.1. The van der Waals surface area contributed by atoms with Gasteiger partial charge in [-0.05, 0) is 23.3 Å². The molecule has 0 bridgehead atoms. The van der Waals surface area contributed by atoms with Crippen LogP contribution >= 0.6 is 23.3 Å². The predicted molar refractivity (Wildman–Crippen MR) is 103 cm³/mol. The average molecular weight is 422 g/mol. The van der Waals surface area contributed by atoms with E-state index in [9.17, 15) is 13.2 Å². The maximum absolute atomic E-state index is 12.1. The van der Waals surface area contributed by atoms with Crippen molar-refractivity contribution in [2.24, 2.45) is 0 Å². The fourth-order valence-electron chi connectivity index (χ4n) is 2.60. The van der Waals surface area contributed by atoms with Gasteiger partial charge in [0.2, 0.25) is 11.8 Å². The van der Waals surface area contributed by atoms with Gasteiger partial charge in [-0.3, -0.25) is 0 Å². The maximum Gasteiger partial charge on any atom is 0.456 e. The minimum atomic E-state index is -4.36. The van der Waals surface area contributed by atoms with Crippen molar-refractivity contribution in [1.82, 2.24) is 19.9 Å². The summed E-state index contributed by atoms with van der Waals surface area (Å²) in [5.41, 5.74) is -1.24. The fourth-order valence-corrected chi connectivity index (χ4v) is 3.96. The Hall–Kier alpha value is -2.43. The van der Waals surface area contributed by atoms with Crippen LogP contribution in [-0.4, -0.2) is 20.7 Å². The molecular formula is C18H13F3N4OS2. The Morgan fingerprint density at radius 2 is 1.79 bits per heavy atom. The van der Waals surface area contributed by atoms with Crippen molar-refractivity contribution in [3.8, 4) is 11.1 Å². The number of halogens is 3. The van der Waals surface area contributed by atoms with Gasteiger partial charge in [0.05, 0.1) is 23.2 Å². The van der Waals surface area contributed by atoms with E-state index in [4.69, 9.17) is 4.42 Å². The molecule has 0 unspecified atom stereocenters. The van der Waals surface area contributed by atoms with Crippen molar-refractivity contribution in [1.29, 1.82) is 0 Å². The smallest absolute Gasteiger partial charge is 0.423 e. The minimum absolute atomic E-state index is 0.0965. The lowest BCUT2D eigenvalue weighted by atomic mass is 10.1. The molecule has 0 fully saturated rings. The van der Waals surface area contributed by atoms with E-state index in [0.29, 0.717) is 12.3 Å². The molecule has 10 heteroatoms. The number of aromatic nitrogens is 3. The average Bonchev–Trinajstić information content (AvgIpc) is 3.27. The number of nitrogens with zero attached hydrogens (tertiary/aromatic N) is 3. The molecule has 0 aliphatic heterocycles. The van der Waals surface area contributed by atoms with E-state index in [-0.39, 0.29) is 24.4 Å². The lowest BCUT2D eigenvalue weighted by Crippen LogP contribution is -2.12. The zero-order valence-corrected chi connectivity index (χ0v) is 15.9. The van der Waals surface area contributed by atoms with Crippen molar-refractivity contribution in [2.75, 3.05) is 0 Å². The summed E-state index contributed by atoms with van der Waals surface area (Å²) in [6.45, 7) is -0.169. The highest BCUT2D eigenvalue weighted by atomic mass is 32.2. The fraction of sp³-hybridized carbons (Fsp3) is 0.167. The lowest BCUT2D eigenvalue weighted by Gasteiger charge is -2.03. The van der Waals surface area contributed by atoms with Gasteiger partial charge >= 0.3 is 5.51 Å². The third kappa shape index (κ3) is 4.70. The van der Waals surface area contributed by atoms with Gasteiger partial charge in [-0.15, -0.1) is 21.5 Å². The first-order valence-electron chi connectivity index (χ1n) is 8.20. The third-order valence-electron chi connectivity index (χ3n) is 3.76. The van der Waals surface area contributed by atoms with E-state index in [1.165, 1.54) is 11.3 Å². The molecule has 5 nitrogen and oxygen atoms in total. The number of alkyl halides is 3. The second-order valence-electron chi connectivity index (χ2n) is 5.79. The van der Waals surface area contributed by atoms with Crippen molar-refractivity contribution >= 4 is 33.5 Å². The van der Waals surface area contributed by atoms with E-state index in [1.54, 1.807) is 0 Å². The SMILES string of the molecule is FC(F)(F)SNCc1nnc(Cc2nc3ccc(-c4ccccc4)cc3s2)o1. The predicted octanol–water partition coefficient (Wildman–Crippen LogP) is 5.19. The number of benzene rings is 2. The zero-order valence-electron chi connectivity index (χ0n) is 14.2. The molecule has 4 rings (SSSR count). The normalized spacial score (nSPS) is 12.0. The molecule has 0 spiro atoms. The van der Waals surface area contributed by atoms with Crippen molar-refractivity contribution in [3.63, 3.8) is 0 Å². The largest absolute Gasteiger partial charge is 0.456 e. The molecule has 0 saturated heterocycles. The van der Waals surface area contributed by atoms with E-state index in [0.717, 1.165) is 26.4 Å². The van der Waals surface area contributed by atoms with E-state index < -0.39 is 5.51 Å². The van der Waals surface area contributed by atoms with Crippen LogP contribution in [0.2, 0.25) is 0 Å². The summed E-state index contributed by atoms with van der Waals surface area (Å²) in [6.07, 6.45) is 0.333. The Morgan fingerprint density at radius 1 is 1.00 bits per heavy atom. The highest BCUT2D eigenvalue weighted by Crippen LogP contribution is 2.29. The summed E-state index contributed by atoms with van der Waals surface area (Å²) >= 11 is 1.18. The first kappa shape index (κ1) is 18.9. The van der Waals surface area contributed by atoms with Crippen LogP contribution in [0.4, 0.5) is 13.2 Å². The Balaban J connectivity index is 1.45. The standard InChI is InChI=1S/C18H13F3N4OS2/c19-18(20,21)28-22-10-16-25-24-15(26-16)9-17-23-13-7-6-12(8-14(13)27-17)11-4-2-1-3-5-11/h1-8,22H,9-10H2. The van der Waals surface area contributed by atoms with Crippen LogP contribution in [0.1, 0.15) is 16.8 Å². The van der Waals surface area contributed by atoms with Gasteiger partial charge < -0.3 is 4.42 Å². The van der Waals surface area contributed by atoms with Crippen LogP contribution in [0.3, 0.4) is 0 Å². The first-order chi connectivity index (χ1) is 13.5. The highest BCUT2D eigenvalue weighted by molar-refractivity contribution is 7.98. The molecule has 0 aliphatic rings. The molecule has 0 atom stereocenters. The number of hydrogen-bond acceptors (Lipinski definition) is 7. The monoisotopic (exact) mass is 422 g/mol. The lowest BCUT2D eigenvalue weighted by molar-refractivity contribution is -0.0336. The topological polar surface area (TPSA) is 63.8 Å². The molecule has 4 aromatic rings. The molecule has 0 saturated carbocycles. The molecule has 0 amide bonds. The van der Waals surface area contributed by atoms with Crippen LogP contribution in [-0.2, 0) is 13.0 Å². The second-order valence-corrected chi connectivity index (χ2v) is 7.86. The number of fused-ring (bicyclic) bond motifs is 1. The van der Waals surface area contributed by atoms with Crippen LogP contribution in [0.5, 0.6) is 0 Å². The van der Waals surface area contributed by atoms with Crippen LogP contribution in [0.15, 0.2) is 52.9 Å². The quantitative estimate of drug-likeness (QED) is 0.431. The van der Waals surface area contributed by atoms with E-state index in [1.807, 2.05) is 42.5 Å².